The van der Waals surface area contributed by atoms with Crippen molar-refractivity contribution in [2.45, 2.75) is 13.8 Å². The van der Waals surface area contributed by atoms with Gasteiger partial charge in [-0.1, -0.05) is 48.0 Å². The van der Waals surface area contributed by atoms with Crippen LogP contribution in [0.3, 0.4) is 0 Å². The van der Waals surface area contributed by atoms with E-state index in [1.165, 1.54) is 11.1 Å². The summed E-state index contributed by atoms with van der Waals surface area (Å²) < 4.78 is 0. The van der Waals surface area contributed by atoms with E-state index >= 15 is 0 Å². The van der Waals surface area contributed by atoms with Crippen LogP contribution in [-0.2, 0) is 0 Å². The summed E-state index contributed by atoms with van der Waals surface area (Å²) in [6.45, 7) is 4.14. The maximum atomic E-state index is 4.29. The third-order valence-electron chi connectivity index (χ3n) is 3.38. The van der Waals surface area contributed by atoms with Gasteiger partial charge in [0.1, 0.15) is 0 Å². The lowest BCUT2D eigenvalue weighted by Gasteiger charge is -2.04. The maximum Gasteiger partial charge on any atom is 0.176 e. The number of hydrogen-bond donors (Lipinski definition) is 1. The summed E-state index contributed by atoms with van der Waals surface area (Å²) in [7, 11) is 0. The number of benzene rings is 2. The van der Waals surface area contributed by atoms with Crippen LogP contribution in [0.4, 0.5) is 5.82 Å². The summed E-state index contributed by atoms with van der Waals surface area (Å²) in [5.41, 5.74) is 6.48. The first-order valence-electron chi connectivity index (χ1n) is 6.81. The minimum Gasteiger partial charge on any atom is -0.259 e. The highest BCUT2D eigenvalue weighted by Crippen LogP contribution is 2.19. The lowest BCUT2D eigenvalue weighted by molar-refractivity contribution is 1.04. The molecule has 0 amide bonds. The SMILES string of the molecule is Cc1ccc(C)c(/C=N/Nc2nncc3ccccc23)c1. The van der Waals surface area contributed by atoms with Gasteiger partial charge >= 0.3 is 0 Å². The molecule has 21 heavy (non-hydrogen) atoms. The quantitative estimate of drug-likeness (QED) is 0.586. The minimum absolute atomic E-state index is 0.662. The van der Waals surface area contributed by atoms with E-state index in [4.69, 9.17) is 0 Å². The number of aryl methyl sites for hydroxylation is 2. The smallest absolute Gasteiger partial charge is 0.176 e. The zero-order valence-corrected chi connectivity index (χ0v) is 12.0. The first-order chi connectivity index (χ1) is 10.2. The number of aromatic nitrogens is 2. The highest BCUT2D eigenvalue weighted by Gasteiger charge is 2.01. The van der Waals surface area contributed by atoms with Crippen molar-refractivity contribution in [2.24, 2.45) is 5.10 Å². The van der Waals surface area contributed by atoms with Gasteiger partial charge < -0.3 is 0 Å². The first kappa shape index (κ1) is 13.2. The number of fused-ring (bicyclic) bond motifs is 1. The summed E-state index contributed by atoms with van der Waals surface area (Å²) in [5.74, 6) is 0.662. The average Bonchev–Trinajstić information content (AvgIpc) is 2.51. The molecule has 2 aromatic carbocycles. The Morgan fingerprint density at radius 3 is 2.86 bits per heavy atom. The first-order valence-corrected chi connectivity index (χ1v) is 6.81. The van der Waals surface area contributed by atoms with Crippen molar-refractivity contribution in [3.8, 4) is 0 Å². The molecule has 0 aliphatic heterocycles. The Hall–Kier alpha value is -2.75. The van der Waals surface area contributed by atoms with Gasteiger partial charge in [0, 0.05) is 10.8 Å². The molecule has 0 saturated heterocycles. The monoisotopic (exact) mass is 276 g/mol. The van der Waals surface area contributed by atoms with Gasteiger partial charge in [-0.25, -0.2) is 0 Å². The number of nitrogens with one attached hydrogen (secondary N) is 1. The van der Waals surface area contributed by atoms with Crippen LogP contribution in [0.25, 0.3) is 10.8 Å². The van der Waals surface area contributed by atoms with Gasteiger partial charge in [0.05, 0.1) is 12.4 Å². The Labute approximate surface area is 123 Å². The third-order valence-corrected chi connectivity index (χ3v) is 3.38. The standard InChI is InChI=1S/C17H16N4/c1-12-7-8-13(2)15(9-12)11-19-21-17-16-6-4-3-5-14(16)10-18-20-17/h3-11H,1-2H3,(H,20,21)/b19-11+. The number of anilines is 1. The maximum absolute atomic E-state index is 4.29. The van der Waals surface area contributed by atoms with Crippen molar-refractivity contribution < 1.29 is 0 Å². The summed E-state index contributed by atoms with van der Waals surface area (Å²) >= 11 is 0. The van der Waals surface area contributed by atoms with E-state index in [1.807, 2.05) is 30.5 Å². The number of rotatable bonds is 3. The highest BCUT2D eigenvalue weighted by molar-refractivity contribution is 5.91. The van der Waals surface area contributed by atoms with Gasteiger partial charge in [-0.15, -0.1) is 5.10 Å². The number of hydrazone groups is 1. The zero-order chi connectivity index (χ0) is 14.7. The Morgan fingerprint density at radius 1 is 1.10 bits per heavy atom. The van der Waals surface area contributed by atoms with Crippen LogP contribution in [0.15, 0.2) is 53.8 Å². The van der Waals surface area contributed by atoms with Crippen LogP contribution < -0.4 is 5.43 Å². The number of nitrogens with zero attached hydrogens (tertiary/aromatic N) is 3. The van der Waals surface area contributed by atoms with Crippen LogP contribution >= 0.6 is 0 Å². The lowest BCUT2D eigenvalue weighted by atomic mass is 10.1. The van der Waals surface area contributed by atoms with Crippen molar-refractivity contribution in [2.75, 3.05) is 5.43 Å². The van der Waals surface area contributed by atoms with Gasteiger partial charge in [0.25, 0.3) is 0 Å². The molecule has 1 N–H and O–H groups in total. The summed E-state index contributed by atoms with van der Waals surface area (Å²) in [5, 5.41) is 14.4. The van der Waals surface area contributed by atoms with Crippen molar-refractivity contribution in [1.82, 2.24) is 10.2 Å². The molecule has 0 radical (unpaired) electrons. The van der Waals surface area contributed by atoms with E-state index in [2.05, 4.69) is 52.8 Å². The molecular formula is C17H16N4. The van der Waals surface area contributed by atoms with E-state index in [0.717, 1.165) is 16.3 Å². The average molecular weight is 276 g/mol. The summed E-state index contributed by atoms with van der Waals surface area (Å²) in [6.07, 6.45) is 3.56. The van der Waals surface area contributed by atoms with Crippen LogP contribution in [-0.4, -0.2) is 16.4 Å². The zero-order valence-electron chi connectivity index (χ0n) is 12.0. The Balaban J connectivity index is 1.86. The molecule has 0 aliphatic carbocycles. The molecule has 0 saturated carbocycles. The fourth-order valence-electron chi connectivity index (χ4n) is 2.17. The largest absolute Gasteiger partial charge is 0.259 e. The minimum atomic E-state index is 0.662. The molecule has 3 rings (SSSR count). The lowest BCUT2D eigenvalue weighted by Crippen LogP contribution is -1.97. The van der Waals surface area contributed by atoms with E-state index in [9.17, 15) is 0 Å². The molecule has 0 atom stereocenters. The molecule has 3 aromatic rings. The topological polar surface area (TPSA) is 50.2 Å². The second kappa shape index (κ2) is 5.71. The van der Waals surface area contributed by atoms with E-state index in [0.29, 0.717) is 5.82 Å². The second-order valence-corrected chi connectivity index (χ2v) is 5.01. The van der Waals surface area contributed by atoms with Gasteiger partial charge in [-0.05, 0) is 25.0 Å². The van der Waals surface area contributed by atoms with Crippen LogP contribution in [0, 0.1) is 13.8 Å². The summed E-state index contributed by atoms with van der Waals surface area (Å²) in [4.78, 5) is 0. The predicted molar refractivity (Wildman–Crippen MR) is 86.7 cm³/mol. The van der Waals surface area contributed by atoms with Gasteiger partial charge in [0.15, 0.2) is 5.82 Å². The van der Waals surface area contributed by atoms with E-state index in [-0.39, 0.29) is 0 Å². The Kier molecular flexibility index (Phi) is 3.60. The molecule has 0 unspecified atom stereocenters. The van der Waals surface area contributed by atoms with Crippen molar-refractivity contribution in [3.63, 3.8) is 0 Å². The Bertz CT molecular complexity index is 803. The fourth-order valence-corrected chi connectivity index (χ4v) is 2.17. The molecule has 104 valence electrons. The van der Waals surface area contributed by atoms with Gasteiger partial charge in [-0.2, -0.15) is 10.2 Å². The molecule has 4 heteroatoms. The predicted octanol–water partition coefficient (Wildman–Crippen LogP) is 3.69. The van der Waals surface area contributed by atoms with E-state index in [1.54, 1.807) is 6.20 Å². The molecule has 1 heterocycles. The van der Waals surface area contributed by atoms with E-state index < -0.39 is 0 Å². The molecular weight excluding hydrogens is 260 g/mol. The van der Waals surface area contributed by atoms with Crippen molar-refractivity contribution >= 4 is 22.8 Å². The molecule has 0 fully saturated rings. The normalized spacial score (nSPS) is 11.1. The highest BCUT2D eigenvalue weighted by atomic mass is 15.3. The summed E-state index contributed by atoms with van der Waals surface area (Å²) in [6, 6.07) is 14.3. The van der Waals surface area contributed by atoms with Crippen LogP contribution in [0.5, 0.6) is 0 Å². The molecule has 1 aromatic heterocycles. The third kappa shape index (κ3) is 2.89. The van der Waals surface area contributed by atoms with Gasteiger partial charge in [-0.3, -0.25) is 5.43 Å². The Morgan fingerprint density at radius 2 is 1.95 bits per heavy atom. The van der Waals surface area contributed by atoms with Crippen LogP contribution in [0.1, 0.15) is 16.7 Å². The van der Waals surface area contributed by atoms with Crippen molar-refractivity contribution in [3.05, 3.63) is 65.4 Å². The molecule has 4 nitrogen and oxygen atoms in total. The molecule has 0 bridgehead atoms. The fraction of sp³-hybridized carbons (Fsp3) is 0.118. The van der Waals surface area contributed by atoms with Crippen molar-refractivity contribution in [1.29, 1.82) is 0 Å². The molecule has 0 aliphatic rings. The molecule has 0 spiro atoms. The number of hydrogen-bond acceptors (Lipinski definition) is 4. The van der Waals surface area contributed by atoms with Crippen LogP contribution in [0.2, 0.25) is 0 Å². The van der Waals surface area contributed by atoms with Gasteiger partial charge in [0.2, 0.25) is 0 Å². The second-order valence-electron chi connectivity index (χ2n) is 5.01.